The molecule has 0 spiro atoms. The van der Waals surface area contributed by atoms with Gasteiger partial charge in [0.15, 0.2) is 0 Å². The monoisotopic (exact) mass is 424 g/mol. The van der Waals surface area contributed by atoms with E-state index in [1.807, 2.05) is 47.6 Å². The zero-order chi connectivity index (χ0) is 22.5. The number of nitrogens with one attached hydrogen (secondary N) is 1. The Morgan fingerprint density at radius 2 is 1.90 bits per heavy atom. The summed E-state index contributed by atoms with van der Waals surface area (Å²) >= 11 is 0. The van der Waals surface area contributed by atoms with Gasteiger partial charge in [0.1, 0.15) is 23.7 Å². The number of hydrogen-bond donors (Lipinski definition) is 1. The first-order valence-electron chi connectivity index (χ1n) is 10.3. The van der Waals surface area contributed by atoms with Crippen molar-refractivity contribution in [3.63, 3.8) is 0 Å². The summed E-state index contributed by atoms with van der Waals surface area (Å²) in [5.41, 5.74) is 2.90. The van der Waals surface area contributed by atoms with Crippen LogP contribution in [0.1, 0.15) is 36.1 Å². The van der Waals surface area contributed by atoms with Gasteiger partial charge in [-0.25, -0.2) is 0 Å². The van der Waals surface area contributed by atoms with Crippen LogP contribution < -0.4 is 10.1 Å². The Labute approximate surface area is 182 Å². The van der Waals surface area contributed by atoms with Gasteiger partial charge in [-0.1, -0.05) is 6.42 Å². The Kier molecular flexibility index (Phi) is 6.98. The second-order valence-electron chi connectivity index (χ2n) is 7.63. The minimum atomic E-state index is -0.420. The van der Waals surface area contributed by atoms with Gasteiger partial charge in [0, 0.05) is 11.4 Å². The molecule has 31 heavy (non-hydrogen) atoms. The van der Waals surface area contributed by atoms with Crippen LogP contribution in [0.15, 0.2) is 24.3 Å². The van der Waals surface area contributed by atoms with Gasteiger partial charge < -0.3 is 14.8 Å². The van der Waals surface area contributed by atoms with Crippen LogP contribution in [0.3, 0.4) is 0 Å². The first-order chi connectivity index (χ1) is 14.9. The van der Waals surface area contributed by atoms with E-state index >= 15 is 0 Å². The molecule has 1 aliphatic heterocycles. The number of piperidine rings is 1. The maximum Gasteiger partial charge on any atom is 0.323 e. The van der Waals surface area contributed by atoms with Crippen molar-refractivity contribution in [2.45, 2.75) is 39.2 Å². The van der Waals surface area contributed by atoms with Gasteiger partial charge in [0.25, 0.3) is 0 Å². The number of hydrogen-bond acceptors (Lipinski definition) is 6. The van der Waals surface area contributed by atoms with Crippen molar-refractivity contribution in [1.29, 1.82) is 5.26 Å². The zero-order valence-corrected chi connectivity index (χ0v) is 18.4. The van der Waals surface area contributed by atoms with Crippen LogP contribution in [0, 0.1) is 25.2 Å². The summed E-state index contributed by atoms with van der Waals surface area (Å²) in [6.45, 7) is 4.47. The molecule has 0 unspecified atom stereocenters. The van der Waals surface area contributed by atoms with Gasteiger partial charge in [0.05, 0.1) is 26.3 Å². The number of methoxy groups -OCH3 is 2. The van der Waals surface area contributed by atoms with E-state index in [1.54, 1.807) is 7.11 Å². The number of nitrogens with zero attached hydrogens (tertiary/aromatic N) is 3. The number of amides is 1. The molecule has 0 bridgehead atoms. The molecule has 1 saturated heterocycles. The molecule has 164 valence electrons. The normalized spacial score (nSPS) is 16.4. The molecule has 8 nitrogen and oxygen atoms in total. The first kappa shape index (κ1) is 22.4. The standard InChI is InChI=1S/C23H28N4O4/c1-15-16(2)27(17-8-10-18(30-3)11-9-17)22(19(15)13-24)25-21(28)14-26-12-6-5-7-20(26)23(29)31-4/h8-11,20H,5-7,12,14H2,1-4H3,(H,25,28)/t20-/m1/s1. The molecule has 0 radical (unpaired) electrons. The van der Waals surface area contributed by atoms with Gasteiger partial charge in [0.2, 0.25) is 5.91 Å². The molecule has 1 aliphatic rings. The Morgan fingerprint density at radius 3 is 2.52 bits per heavy atom. The Balaban J connectivity index is 1.89. The predicted octanol–water partition coefficient (Wildman–Crippen LogP) is 2.94. The van der Waals surface area contributed by atoms with Crippen LogP contribution in [0.25, 0.3) is 5.69 Å². The fourth-order valence-electron chi connectivity index (χ4n) is 4.05. The lowest BCUT2D eigenvalue weighted by Gasteiger charge is -2.33. The number of benzene rings is 1. The number of aromatic nitrogens is 1. The van der Waals surface area contributed by atoms with Crippen molar-refractivity contribution in [3.05, 3.63) is 41.1 Å². The highest BCUT2D eigenvalue weighted by Crippen LogP contribution is 2.31. The number of esters is 1. The molecule has 1 fully saturated rings. The van der Waals surface area contributed by atoms with Gasteiger partial charge in [-0.2, -0.15) is 5.26 Å². The summed E-state index contributed by atoms with van der Waals surface area (Å²) in [6, 6.07) is 9.20. The number of likely N-dealkylation sites (tertiary alicyclic amines) is 1. The Morgan fingerprint density at radius 1 is 1.19 bits per heavy atom. The molecule has 1 aromatic carbocycles. The SMILES string of the molecule is COC(=O)[C@H]1CCCCN1CC(=O)Nc1c(C#N)c(C)c(C)n1-c1ccc(OC)cc1. The van der Waals surface area contributed by atoms with Crippen molar-refractivity contribution in [1.82, 2.24) is 9.47 Å². The molecule has 1 aromatic heterocycles. The summed E-state index contributed by atoms with van der Waals surface area (Å²) in [7, 11) is 2.96. The highest BCUT2D eigenvalue weighted by atomic mass is 16.5. The lowest BCUT2D eigenvalue weighted by molar-refractivity contribution is -0.148. The van der Waals surface area contributed by atoms with Gasteiger partial charge >= 0.3 is 5.97 Å². The Bertz CT molecular complexity index is 1000. The lowest BCUT2D eigenvalue weighted by Crippen LogP contribution is -2.48. The first-order valence-corrected chi connectivity index (χ1v) is 10.3. The fraction of sp³-hybridized carbons (Fsp3) is 0.435. The third-order valence-corrected chi connectivity index (χ3v) is 5.85. The number of nitriles is 1. The molecular weight excluding hydrogens is 396 g/mol. The smallest absolute Gasteiger partial charge is 0.323 e. The quantitative estimate of drug-likeness (QED) is 0.716. The van der Waals surface area contributed by atoms with Crippen LogP contribution in [0.2, 0.25) is 0 Å². The number of anilines is 1. The molecule has 1 atom stereocenters. The highest BCUT2D eigenvalue weighted by molar-refractivity contribution is 5.94. The van der Waals surface area contributed by atoms with Gasteiger partial charge in [-0.05, 0) is 63.1 Å². The summed E-state index contributed by atoms with van der Waals surface area (Å²) in [4.78, 5) is 26.9. The average Bonchev–Trinajstić information content (AvgIpc) is 3.02. The van der Waals surface area contributed by atoms with Crippen molar-refractivity contribution in [2.75, 3.05) is 32.6 Å². The van der Waals surface area contributed by atoms with E-state index in [2.05, 4.69) is 11.4 Å². The molecule has 3 rings (SSSR count). The van der Waals surface area contributed by atoms with Gasteiger partial charge in [-0.15, -0.1) is 0 Å². The molecule has 0 saturated carbocycles. The second kappa shape index (κ2) is 9.67. The number of rotatable bonds is 6. The summed E-state index contributed by atoms with van der Waals surface area (Å²) in [5.74, 6) is 0.549. The topological polar surface area (TPSA) is 96.6 Å². The molecule has 2 heterocycles. The number of carbonyl (C=O) groups is 2. The molecular formula is C23H28N4O4. The average molecular weight is 425 g/mol. The minimum Gasteiger partial charge on any atom is -0.497 e. The third-order valence-electron chi connectivity index (χ3n) is 5.85. The Hall–Kier alpha value is -3.31. The van der Waals surface area contributed by atoms with E-state index in [-0.39, 0.29) is 18.4 Å². The molecule has 0 aliphatic carbocycles. The summed E-state index contributed by atoms with van der Waals surface area (Å²) in [5, 5.41) is 12.7. The third kappa shape index (κ3) is 4.57. The highest BCUT2D eigenvalue weighted by Gasteiger charge is 2.31. The van der Waals surface area contributed by atoms with E-state index in [0.717, 1.165) is 35.5 Å². The van der Waals surface area contributed by atoms with Crippen molar-refractivity contribution in [3.8, 4) is 17.5 Å². The van der Waals surface area contributed by atoms with Crippen LogP contribution >= 0.6 is 0 Å². The van der Waals surface area contributed by atoms with Crippen LogP contribution in [-0.2, 0) is 14.3 Å². The van der Waals surface area contributed by atoms with Crippen LogP contribution in [0.5, 0.6) is 5.75 Å². The van der Waals surface area contributed by atoms with Crippen LogP contribution in [-0.4, -0.2) is 54.7 Å². The van der Waals surface area contributed by atoms with E-state index in [4.69, 9.17) is 9.47 Å². The van der Waals surface area contributed by atoms with E-state index in [1.165, 1.54) is 7.11 Å². The second-order valence-corrected chi connectivity index (χ2v) is 7.63. The molecule has 2 aromatic rings. The van der Waals surface area contributed by atoms with E-state index < -0.39 is 6.04 Å². The van der Waals surface area contributed by atoms with E-state index in [9.17, 15) is 14.9 Å². The minimum absolute atomic E-state index is 0.0521. The van der Waals surface area contributed by atoms with Crippen molar-refractivity contribution in [2.24, 2.45) is 0 Å². The lowest BCUT2D eigenvalue weighted by atomic mass is 10.0. The number of carbonyl (C=O) groups excluding carboxylic acids is 2. The number of ether oxygens (including phenoxy) is 2. The maximum absolute atomic E-state index is 13.0. The zero-order valence-electron chi connectivity index (χ0n) is 18.4. The molecule has 8 heteroatoms. The van der Waals surface area contributed by atoms with Gasteiger partial charge in [-0.3, -0.25) is 19.1 Å². The fourth-order valence-corrected chi connectivity index (χ4v) is 4.05. The predicted molar refractivity (Wildman–Crippen MR) is 116 cm³/mol. The van der Waals surface area contributed by atoms with Crippen molar-refractivity contribution < 1.29 is 19.1 Å². The summed E-state index contributed by atoms with van der Waals surface area (Å²) < 4.78 is 12.0. The van der Waals surface area contributed by atoms with E-state index in [0.29, 0.717) is 24.3 Å². The summed E-state index contributed by atoms with van der Waals surface area (Å²) in [6.07, 6.45) is 2.52. The van der Waals surface area contributed by atoms with Crippen LogP contribution in [0.4, 0.5) is 5.82 Å². The maximum atomic E-state index is 13.0. The molecule has 1 N–H and O–H groups in total. The largest absolute Gasteiger partial charge is 0.497 e. The van der Waals surface area contributed by atoms with Crippen molar-refractivity contribution >= 4 is 17.7 Å². The molecule has 1 amide bonds.